The van der Waals surface area contributed by atoms with E-state index in [1.165, 1.54) is 6.07 Å². The summed E-state index contributed by atoms with van der Waals surface area (Å²) in [5, 5.41) is 0. The number of aromatic nitrogens is 1. The van der Waals surface area contributed by atoms with E-state index in [0.717, 1.165) is 11.5 Å². The lowest BCUT2D eigenvalue weighted by Gasteiger charge is -2.15. The molecule has 0 spiro atoms. The van der Waals surface area contributed by atoms with Crippen LogP contribution in [0.15, 0.2) is 41.3 Å². The molecule has 1 heterocycles. The number of carbonyl (C=O) groups is 1. The van der Waals surface area contributed by atoms with Crippen molar-refractivity contribution in [1.82, 2.24) is 4.57 Å². The highest BCUT2D eigenvalue weighted by Gasteiger charge is 2.10. The number of methoxy groups -OCH3 is 1. The molecule has 0 unspecified atom stereocenters. The van der Waals surface area contributed by atoms with E-state index in [2.05, 4.69) is 0 Å². The molecule has 0 fully saturated rings. The molecule has 0 saturated heterocycles. The maximum absolute atomic E-state index is 11.8. The fraction of sp³-hybridized carbons (Fsp3) is 0.294. The van der Waals surface area contributed by atoms with Crippen LogP contribution in [-0.4, -0.2) is 30.8 Å². The summed E-state index contributed by atoms with van der Waals surface area (Å²) in [7, 11) is 1.60. The molecule has 0 aliphatic heterocycles. The molecule has 0 bridgehead atoms. The molecule has 0 aliphatic carbocycles. The Hall–Kier alpha value is -2.96. The van der Waals surface area contributed by atoms with Gasteiger partial charge >= 0.3 is 0 Å². The highest BCUT2D eigenvalue weighted by molar-refractivity contribution is 5.75. The molecule has 7 nitrogen and oxygen atoms in total. The minimum Gasteiger partial charge on any atom is -0.497 e. The Labute approximate surface area is 139 Å². The fourth-order valence-electron chi connectivity index (χ4n) is 2.15. The van der Waals surface area contributed by atoms with E-state index in [0.29, 0.717) is 18.8 Å². The molecule has 1 aromatic heterocycles. The van der Waals surface area contributed by atoms with E-state index in [1.807, 2.05) is 28.8 Å². The average Bonchev–Trinajstić information content (AvgIpc) is 2.57. The van der Waals surface area contributed by atoms with Gasteiger partial charge in [-0.2, -0.15) is 0 Å². The van der Waals surface area contributed by atoms with Crippen molar-refractivity contribution in [3.8, 4) is 17.2 Å². The first-order valence-electron chi connectivity index (χ1n) is 7.39. The van der Waals surface area contributed by atoms with Gasteiger partial charge in [0.1, 0.15) is 18.1 Å². The van der Waals surface area contributed by atoms with Gasteiger partial charge in [-0.25, -0.2) is 0 Å². The first-order valence-corrected chi connectivity index (χ1v) is 7.39. The molecule has 128 valence electrons. The van der Waals surface area contributed by atoms with E-state index < -0.39 is 5.91 Å². The zero-order chi connectivity index (χ0) is 17.5. The summed E-state index contributed by atoms with van der Waals surface area (Å²) in [6, 6.07) is 8.65. The molecule has 0 atom stereocenters. The number of pyridine rings is 1. The maximum atomic E-state index is 11.8. The SMILES string of the molecule is COc1ccc(OCCn2ccc(=O)c(OCC(N)=O)c2C)cc1. The van der Waals surface area contributed by atoms with Gasteiger partial charge in [0.05, 0.1) is 19.3 Å². The van der Waals surface area contributed by atoms with Crippen molar-refractivity contribution in [3.63, 3.8) is 0 Å². The largest absolute Gasteiger partial charge is 0.497 e. The predicted octanol–water partition coefficient (Wildman–Crippen LogP) is 1.11. The van der Waals surface area contributed by atoms with Crippen LogP contribution in [0.3, 0.4) is 0 Å². The number of ether oxygens (including phenoxy) is 3. The topological polar surface area (TPSA) is 92.8 Å². The van der Waals surface area contributed by atoms with Gasteiger partial charge in [0.25, 0.3) is 5.91 Å². The van der Waals surface area contributed by atoms with Crippen LogP contribution in [0.4, 0.5) is 0 Å². The van der Waals surface area contributed by atoms with Crippen LogP contribution in [0.1, 0.15) is 5.69 Å². The van der Waals surface area contributed by atoms with Crippen LogP contribution in [0.25, 0.3) is 0 Å². The molecule has 2 rings (SSSR count). The second-order valence-corrected chi connectivity index (χ2v) is 5.07. The molecule has 2 N–H and O–H groups in total. The van der Waals surface area contributed by atoms with Crippen molar-refractivity contribution in [2.45, 2.75) is 13.5 Å². The Bertz CT molecular complexity index is 753. The Morgan fingerprint density at radius 1 is 1.12 bits per heavy atom. The van der Waals surface area contributed by atoms with Crippen molar-refractivity contribution >= 4 is 5.91 Å². The van der Waals surface area contributed by atoms with E-state index in [-0.39, 0.29) is 17.8 Å². The van der Waals surface area contributed by atoms with Crippen molar-refractivity contribution < 1.29 is 19.0 Å². The van der Waals surface area contributed by atoms with Gasteiger partial charge in [0, 0.05) is 12.3 Å². The summed E-state index contributed by atoms with van der Waals surface area (Å²) >= 11 is 0. The Morgan fingerprint density at radius 2 is 1.79 bits per heavy atom. The van der Waals surface area contributed by atoms with Gasteiger partial charge in [-0.15, -0.1) is 0 Å². The highest BCUT2D eigenvalue weighted by Crippen LogP contribution is 2.17. The lowest BCUT2D eigenvalue weighted by atomic mass is 10.3. The Kier molecular flexibility index (Phi) is 5.83. The third-order valence-electron chi connectivity index (χ3n) is 3.41. The second kappa shape index (κ2) is 8.05. The first-order chi connectivity index (χ1) is 11.5. The number of nitrogens with zero attached hydrogens (tertiary/aromatic N) is 1. The van der Waals surface area contributed by atoms with Crippen molar-refractivity contribution in [1.29, 1.82) is 0 Å². The third kappa shape index (κ3) is 4.52. The highest BCUT2D eigenvalue weighted by atomic mass is 16.5. The van der Waals surface area contributed by atoms with E-state index in [9.17, 15) is 9.59 Å². The zero-order valence-corrected chi connectivity index (χ0v) is 13.7. The molecule has 0 saturated carbocycles. The third-order valence-corrected chi connectivity index (χ3v) is 3.41. The quantitative estimate of drug-likeness (QED) is 0.781. The van der Waals surface area contributed by atoms with Crippen LogP contribution >= 0.6 is 0 Å². The molecule has 1 aromatic carbocycles. The van der Waals surface area contributed by atoms with E-state index >= 15 is 0 Å². The number of carbonyl (C=O) groups excluding carboxylic acids is 1. The Morgan fingerprint density at radius 3 is 2.42 bits per heavy atom. The number of hydrogen-bond donors (Lipinski definition) is 1. The van der Waals surface area contributed by atoms with Gasteiger partial charge in [-0.3, -0.25) is 9.59 Å². The molecule has 1 amide bonds. The van der Waals surface area contributed by atoms with Gasteiger partial charge in [-0.1, -0.05) is 0 Å². The summed E-state index contributed by atoms with van der Waals surface area (Å²) < 4.78 is 17.8. The van der Waals surface area contributed by atoms with Crippen molar-refractivity contribution in [3.05, 3.63) is 52.4 Å². The van der Waals surface area contributed by atoms with Gasteiger partial charge < -0.3 is 24.5 Å². The summed E-state index contributed by atoms with van der Waals surface area (Å²) in [5.41, 5.74) is 5.36. The molecule has 0 radical (unpaired) electrons. The van der Waals surface area contributed by atoms with Crippen molar-refractivity contribution in [2.75, 3.05) is 20.3 Å². The standard InChI is InChI=1S/C17H20N2O5/c1-12-17(24-11-16(18)21)15(20)7-8-19(12)9-10-23-14-5-3-13(22-2)4-6-14/h3-8H,9-11H2,1-2H3,(H2,18,21). The smallest absolute Gasteiger partial charge is 0.255 e. The van der Waals surface area contributed by atoms with Crippen LogP contribution in [0.2, 0.25) is 0 Å². The van der Waals surface area contributed by atoms with Gasteiger partial charge in [0.2, 0.25) is 5.43 Å². The number of hydrogen-bond acceptors (Lipinski definition) is 5. The number of rotatable bonds is 8. The monoisotopic (exact) mass is 332 g/mol. The van der Waals surface area contributed by atoms with Gasteiger partial charge in [-0.05, 0) is 31.2 Å². The second-order valence-electron chi connectivity index (χ2n) is 5.07. The van der Waals surface area contributed by atoms with Crippen LogP contribution in [0.5, 0.6) is 17.2 Å². The first kappa shape index (κ1) is 17.4. The minimum atomic E-state index is -0.632. The summed E-state index contributed by atoms with van der Waals surface area (Å²) in [6.07, 6.45) is 1.66. The molecule has 7 heteroatoms. The normalized spacial score (nSPS) is 10.2. The zero-order valence-electron chi connectivity index (χ0n) is 13.7. The maximum Gasteiger partial charge on any atom is 0.255 e. The summed E-state index contributed by atoms with van der Waals surface area (Å²) in [4.78, 5) is 22.6. The number of amides is 1. The number of benzene rings is 1. The lowest BCUT2D eigenvalue weighted by Crippen LogP contribution is -2.24. The lowest BCUT2D eigenvalue weighted by molar-refractivity contribution is -0.119. The van der Waals surface area contributed by atoms with Crippen LogP contribution in [0, 0.1) is 6.92 Å². The molecule has 0 aliphatic rings. The number of primary amides is 1. The number of nitrogens with two attached hydrogens (primary N) is 1. The fourth-order valence-corrected chi connectivity index (χ4v) is 2.15. The minimum absolute atomic E-state index is 0.126. The molecular formula is C17H20N2O5. The Balaban J connectivity index is 2.00. The molecule has 2 aromatic rings. The molecular weight excluding hydrogens is 312 g/mol. The average molecular weight is 332 g/mol. The van der Waals surface area contributed by atoms with Crippen LogP contribution < -0.4 is 25.4 Å². The predicted molar refractivity (Wildman–Crippen MR) is 88.6 cm³/mol. The molecule has 24 heavy (non-hydrogen) atoms. The van der Waals surface area contributed by atoms with E-state index in [4.69, 9.17) is 19.9 Å². The van der Waals surface area contributed by atoms with E-state index in [1.54, 1.807) is 20.2 Å². The van der Waals surface area contributed by atoms with Crippen LogP contribution in [-0.2, 0) is 11.3 Å². The summed E-state index contributed by atoms with van der Waals surface area (Å²) in [5.74, 6) is 0.974. The van der Waals surface area contributed by atoms with Gasteiger partial charge in [0.15, 0.2) is 12.4 Å². The van der Waals surface area contributed by atoms with Crippen molar-refractivity contribution in [2.24, 2.45) is 5.73 Å². The summed E-state index contributed by atoms with van der Waals surface area (Å²) in [6.45, 7) is 2.34.